The number of hydrogen-bond acceptors (Lipinski definition) is 4. The molecule has 0 spiro atoms. The zero-order valence-electron chi connectivity index (χ0n) is 10.8. The maximum Gasteiger partial charge on any atom is 0.304 e. The highest BCUT2D eigenvalue weighted by Crippen LogP contribution is 2.59. The van der Waals surface area contributed by atoms with Crippen molar-refractivity contribution in [3.63, 3.8) is 0 Å². The van der Waals surface area contributed by atoms with Crippen LogP contribution in [0, 0.1) is 0 Å². The first-order valence-corrected chi connectivity index (χ1v) is 6.35. The van der Waals surface area contributed by atoms with E-state index in [4.69, 9.17) is 19.3 Å². The Kier molecular flexibility index (Phi) is 2.77. The van der Waals surface area contributed by atoms with Crippen molar-refractivity contribution < 1.29 is 24.1 Å². The van der Waals surface area contributed by atoms with Crippen LogP contribution in [0.1, 0.15) is 24.8 Å². The molecule has 0 saturated heterocycles. The standard InChI is InChI=1S/C14H16O5/c1-17-9-2-3-10-13(19-7-6-18-10)12(9)14(4-5-14)8-11(15)16/h2-3H,4-8H2,1H3,(H,15,16). The van der Waals surface area contributed by atoms with E-state index in [1.807, 2.05) is 12.1 Å². The van der Waals surface area contributed by atoms with Crippen LogP contribution < -0.4 is 14.2 Å². The zero-order chi connectivity index (χ0) is 13.5. The number of methoxy groups -OCH3 is 1. The minimum absolute atomic E-state index is 0.100. The molecule has 1 heterocycles. The van der Waals surface area contributed by atoms with Gasteiger partial charge >= 0.3 is 5.97 Å². The summed E-state index contributed by atoms with van der Waals surface area (Å²) >= 11 is 0. The van der Waals surface area contributed by atoms with Crippen LogP contribution in [0.2, 0.25) is 0 Å². The second-order valence-electron chi connectivity index (χ2n) is 5.02. The third kappa shape index (κ3) is 1.99. The number of ether oxygens (including phenoxy) is 3. The van der Waals surface area contributed by atoms with Gasteiger partial charge in [-0.25, -0.2) is 0 Å². The number of carboxylic acid groups (broad SMARTS) is 1. The molecular formula is C14H16O5. The zero-order valence-corrected chi connectivity index (χ0v) is 10.8. The van der Waals surface area contributed by atoms with Crippen molar-refractivity contribution >= 4 is 5.97 Å². The molecular weight excluding hydrogens is 248 g/mol. The molecule has 0 aromatic heterocycles. The van der Waals surface area contributed by atoms with E-state index in [2.05, 4.69) is 0 Å². The van der Waals surface area contributed by atoms with E-state index in [-0.39, 0.29) is 11.8 Å². The van der Waals surface area contributed by atoms with Gasteiger partial charge in [0.15, 0.2) is 11.5 Å². The van der Waals surface area contributed by atoms with Crippen LogP contribution in [0.3, 0.4) is 0 Å². The maximum atomic E-state index is 11.1. The maximum absolute atomic E-state index is 11.1. The SMILES string of the molecule is COc1ccc2c(c1C1(CC(=O)O)CC1)OCCO2. The number of carboxylic acids is 1. The molecule has 1 aliphatic heterocycles. The molecule has 102 valence electrons. The van der Waals surface area contributed by atoms with Crippen LogP contribution in [0.25, 0.3) is 0 Å². The molecule has 19 heavy (non-hydrogen) atoms. The van der Waals surface area contributed by atoms with E-state index in [1.165, 1.54) is 0 Å². The topological polar surface area (TPSA) is 65.0 Å². The summed E-state index contributed by atoms with van der Waals surface area (Å²) in [6.45, 7) is 1.00. The molecule has 1 fully saturated rings. The van der Waals surface area contributed by atoms with Crippen LogP contribution in [0.5, 0.6) is 17.2 Å². The van der Waals surface area contributed by atoms with Gasteiger partial charge in [0.05, 0.1) is 13.5 Å². The van der Waals surface area contributed by atoms with Crippen LogP contribution in [-0.4, -0.2) is 31.4 Å². The van der Waals surface area contributed by atoms with E-state index < -0.39 is 5.97 Å². The summed E-state index contributed by atoms with van der Waals surface area (Å²) in [5.41, 5.74) is 0.498. The lowest BCUT2D eigenvalue weighted by Crippen LogP contribution is -2.21. The summed E-state index contributed by atoms with van der Waals surface area (Å²) in [5, 5.41) is 9.11. The highest BCUT2D eigenvalue weighted by molar-refractivity contribution is 5.72. The first-order valence-electron chi connectivity index (χ1n) is 6.35. The lowest BCUT2D eigenvalue weighted by atomic mass is 9.90. The van der Waals surface area contributed by atoms with Gasteiger partial charge in [-0.1, -0.05) is 0 Å². The van der Waals surface area contributed by atoms with E-state index in [0.717, 1.165) is 18.4 Å². The third-order valence-electron chi connectivity index (χ3n) is 3.76. The van der Waals surface area contributed by atoms with Gasteiger partial charge in [-0.2, -0.15) is 0 Å². The quantitative estimate of drug-likeness (QED) is 0.900. The molecule has 1 aromatic carbocycles. The molecule has 1 saturated carbocycles. The molecule has 1 N–H and O–H groups in total. The number of hydrogen-bond donors (Lipinski definition) is 1. The number of rotatable bonds is 4. The summed E-state index contributed by atoms with van der Waals surface area (Å²) in [5.74, 6) is 1.22. The highest BCUT2D eigenvalue weighted by atomic mass is 16.6. The predicted molar refractivity (Wildman–Crippen MR) is 67.1 cm³/mol. The molecule has 0 unspecified atom stereocenters. The molecule has 0 bridgehead atoms. The van der Waals surface area contributed by atoms with Crippen LogP contribution in [-0.2, 0) is 10.2 Å². The molecule has 1 aromatic rings. The summed E-state index contributed by atoms with van der Waals surface area (Å²) in [7, 11) is 1.59. The van der Waals surface area contributed by atoms with Gasteiger partial charge < -0.3 is 19.3 Å². The van der Waals surface area contributed by atoms with Gasteiger partial charge in [-0.15, -0.1) is 0 Å². The van der Waals surface area contributed by atoms with Crippen LogP contribution >= 0.6 is 0 Å². The van der Waals surface area contributed by atoms with Gasteiger partial charge in [-0.3, -0.25) is 4.79 Å². The minimum atomic E-state index is -0.797. The Bertz CT molecular complexity index is 519. The lowest BCUT2D eigenvalue weighted by Gasteiger charge is -2.26. The second kappa shape index (κ2) is 4.33. The molecule has 0 radical (unpaired) electrons. The molecule has 2 aliphatic rings. The first-order chi connectivity index (χ1) is 9.16. The molecule has 5 nitrogen and oxygen atoms in total. The van der Waals surface area contributed by atoms with Crippen molar-refractivity contribution in [1.29, 1.82) is 0 Å². The summed E-state index contributed by atoms with van der Waals surface area (Å²) < 4.78 is 16.7. The molecule has 5 heteroatoms. The van der Waals surface area contributed by atoms with Crippen molar-refractivity contribution in [2.45, 2.75) is 24.7 Å². The average molecular weight is 264 g/mol. The third-order valence-corrected chi connectivity index (χ3v) is 3.76. The second-order valence-corrected chi connectivity index (χ2v) is 5.02. The predicted octanol–water partition coefficient (Wildman–Crippen LogP) is 1.97. The van der Waals surface area contributed by atoms with Gasteiger partial charge in [-0.05, 0) is 25.0 Å². The fraction of sp³-hybridized carbons (Fsp3) is 0.500. The summed E-state index contributed by atoms with van der Waals surface area (Å²) in [4.78, 5) is 11.1. The van der Waals surface area contributed by atoms with Crippen molar-refractivity contribution in [3.8, 4) is 17.2 Å². The Hall–Kier alpha value is -1.91. The van der Waals surface area contributed by atoms with Gasteiger partial charge in [0, 0.05) is 11.0 Å². The molecule has 0 atom stereocenters. The Labute approximate surface area is 111 Å². The van der Waals surface area contributed by atoms with Gasteiger partial charge in [0.25, 0.3) is 0 Å². The number of aliphatic carboxylic acids is 1. The Morgan fingerprint density at radius 3 is 2.74 bits per heavy atom. The first kappa shape index (κ1) is 12.1. The van der Waals surface area contributed by atoms with Crippen molar-refractivity contribution in [1.82, 2.24) is 0 Å². The Morgan fingerprint density at radius 2 is 2.11 bits per heavy atom. The van der Waals surface area contributed by atoms with E-state index >= 15 is 0 Å². The van der Waals surface area contributed by atoms with Crippen LogP contribution in [0.15, 0.2) is 12.1 Å². The summed E-state index contributed by atoms with van der Waals surface area (Å²) in [6, 6.07) is 3.64. The lowest BCUT2D eigenvalue weighted by molar-refractivity contribution is -0.137. The fourth-order valence-electron chi connectivity index (χ4n) is 2.73. The van der Waals surface area contributed by atoms with E-state index in [0.29, 0.717) is 30.5 Å². The van der Waals surface area contributed by atoms with E-state index in [9.17, 15) is 4.79 Å². The number of carbonyl (C=O) groups is 1. The van der Waals surface area contributed by atoms with Gasteiger partial charge in [0.2, 0.25) is 0 Å². The fourth-order valence-corrected chi connectivity index (χ4v) is 2.73. The van der Waals surface area contributed by atoms with Crippen molar-refractivity contribution in [2.24, 2.45) is 0 Å². The molecule has 1 aliphatic carbocycles. The average Bonchev–Trinajstić information content (AvgIpc) is 3.17. The monoisotopic (exact) mass is 264 g/mol. The summed E-state index contributed by atoms with van der Waals surface area (Å²) in [6.07, 6.45) is 1.79. The van der Waals surface area contributed by atoms with Crippen LogP contribution in [0.4, 0.5) is 0 Å². The van der Waals surface area contributed by atoms with Crippen molar-refractivity contribution in [3.05, 3.63) is 17.7 Å². The van der Waals surface area contributed by atoms with Crippen molar-refractivity contribution in [2.75, 3.05) is 20.3 Å². The van der Waals surface area contributed by atoms with Gasteiger partial charge in [0.1, 0.15) is 19.0 Å². The molecule has 3 rings (SSSR count). The largest absolute Gasteiger partial charge is 0.496 e. The Morgan fingerprint density at radius 1 is 1.37 bits per heavy atom. The van der Waals surface area contributed by atoms with E-state index in [1.54, 1.807) is 7.11 Å². The minimum Gasteiger partial charge on any atom is -0.496 e. The normalized spacial score (nSPS) is 18.8. The highest BCUT2D eigenvalue weighted by Gasteiger charge is 2.50. The molecule has 0 amide bonds. The number of benzene rings is 1. The number of fused-ring (bicyclic) bond motifs is 1. The smallest absolute Gasteiger partial charge is 0.304 e. The Balaban J connectivity index is 2.10.